The molecule has 0 saturated carbocycles. The number of aryl methyl sites for hydroxylation is 2. The van der Waals surface area contributed by atoms with E-state index in [-0.39, 0.29) is 0 Å². The molecular formula is C12H11N3. The summed E-state index contributed by atoms with van der Waals surface area (Å²) in [5.74, 6) is 0. The molecule has 74 valence electrons. The Kier molecular flexibility index (Phi) is 1.57. The molecule has 0 spiro atoms. The van der Waals surface area contributed by atoms with E-state index in [0.717, 1.165) is 16.6 Å². The van der Waals surface area contributed by atoms with E-state index < -0.39 is 0 Å². The van der Waals surface area contributed by atoms with Crippen LogP contribution in [0.15, 0.2) is 24.4 Å². The first-order valence-electron chi connectivity index (χ1n) is 4.95. The molecule has 3 rings (SSSR count). The van der Waals surface area contributed by atoms with E-state index in [0.29, 0.717) is 0 Å². The number of aromatic nitrogens is 3. The molecule has 1 aromatic carbocycles. The molecule has 0 aliphatic carbocycles. The van der Waals surface area contributed by atoms with Gasteiger partial charge in [0.05, 0.1) is 11.7 Å². The van der Waals surface area contributed by atoms with Gasteiger partial charge in [-0.15, -0.1) is 0 Å². The molecule has 3 aromatic rings. The summed E-state index contributed by atoms with van der Waals surface area (Å²) in [4.78, 5) is 4.56. The van der Waals surface area contributed by atoms with Crippen LogP contribution in [0.4, 0.5) is 0 Å². The fourth-order valence-corrected chi connectivity index (χ4v) is 2.02. The second kappa shape index (κ2) is 2.79. The highest BCUT2D eigenvalue weighted by atomic mass is 15.1. The van der Waals surface area contributed by atoms with E-state index in [1.807, 2.05) is 0 Å². The zero-order valence-corrected chi connectivity index (χ0v) is 8.70. The van der Waals surface area contributed by atoms with Crippen LogP contribution in [0, 0.1) is 13.8 Å². The van der Waals surface area contributed by atoms with Crippen molar-refractivity contribution in [2.75, 3.05) is 0 Å². The number of fused-ring (bicyclic) bond motifs is 2. The van der Waals surface area contributed by atoms with Gasteiger partial charge in [-0.3, -0.25) is 5.10 Å². The monoisotopic (exact) mass is 197 g/mol. The van der Waals surface area contributed by atoms with Gasteiger partial charge in [-0.1, -0.05) is 11.6 Å². The Labute approximate surface area is 87.1 Å². The van der Waals surface area contributed by atoms with Gasteiger partial charge in [0.25, 0.3) is 0 Å². The van der Waals surface area contributed by atoms with Crippen LogP contribution in [-0.4, -0.2) is 15.2 Å². The normalized spacial score (nSPS) is 11.3. The number of hydrogen-bond donors (Lipinski definition) is 1. The van der Waals surface area contributed by atoms with Crippen molar-refractivity contribution in [1.82, 2.24) is 15.2 Å². The number of aromatic amines is 1. The van der Waals surface area contributed by atoms with E-state index in [2.05, 4.69) is 47.2 Å². The largest absolute Gasteiger partial charge is 0.261 e. The quantitative estimate of drug-likeness (QED) is 0.602. The fraction of sp³-hybridized carbons (Fsp3) is 0.167. The summed E-state index contributed by atoms with van der Waals surface area (Å²) in [5, 5.41) is 9.13. The van der Waals surface area contributed by atoms with Gasteiger partial charge in [0.1, 0.15) is 0 Å². The Morgan fingerprint density at radius 1 is 1.07 bits per heavy atom. The van der Waals surface area contributed by atoms with Crippen molar-refractivity contribution in [1.29, 1.82) is 0 Å². The van der Waals surface area contributed by atoms with Crippen LogP contribution in [0.25, 0.3) is 21.9 Å². The third-order valence-corrected chi connectivity index (χ3v) is 2.66. The van der Waals surface area contributed by atoms with Crippen molar-refractivity contribution in [3.8, 4) is 0 Å². The van der Waals surface area contributed by atoms with Crippen LogP contribution in [0.2, 0.25) is 0 Å². The molecule has 3 heteroatoms. The van der Waals surface area contributed by atoms with Gasteiger partial charge >= 0.3 is 0 Å². The summed E-state index contributed by atoms with van der Waals surface area (Å²) >= 11 is 0. The average molecular weight is 197 g/mol. The van der Waals surface area contributed by atoms with Gasteiger partial charge in [-0.2, -0.15) is 5.10 Å². The smallest absolute Gasteiger partial charge is 0.155 e. The molecule has 0 amide bonds. The molecule has 0 radical (unpaired) electrons. The molecule has 0 atom stereocenters. The summed E-state index contributed by atoms with van der Waals surface area (Å²) < 4.78 is 0. The van der Waals surface area contributed by atoms with Crippen molar-refractivity contribution in [3.63, 3.8) is 0 Å². The Bertz CT molecular complexity index is 652. The number of pyridine rings is 1. The summed E-state index contributed by atoms with van der Waals surface area (Å²) in [7, 11) is 0. The third kappa shape index (κ3) is 1.20. The second-order valence-corrected chi connectivity index (χ2v) is 3.95. The molecule has 0 bridgehead atoms. The van der Waals surface area contributed by atoms with Crippen LogP contribution in [0.5, 0.6) is 0 Å². The molecule has 0 aliphatic heterocycles. The molecule has 15 heavy (non-hydrogen) atoms. The van der Waals surface area contributed by atoms with Crippen LogP contribution in [0.1, 0.15) is 11.1 Å². The van der Waals surface area contributed by atoms with Gasteiger partial charge in [0.2, 0.25) is 0 Å². The maximum atomic E-state index is 4.56. The summed E-state index contributed by atoms with van der Waals surface area (Å²) in [6, 6.07) is 6.43. The number of nitrogens with one attached hydrogen (secondary N) is 1. The van der Waals surface area contributed by atoms with E-state index in [1.54, 1.807) is 6.20 Å². The highest BCUT2D eigenvalue weighted by Crippen LogP contribution is 2.22. The summed E-state index contributed by atoms with van der Waals surface area (Å²) in [6.45, 7) is 4.19. The van der Waals surface area contributed by atoms with Crippen molar-refractivity contribution in [3.05, 3.63) is 35.5 Å². The minimum atomic E-state index is 0.856. The third-order valence-electron chi connectivity index (χ3n) is 2.66. The predicted molar refractivity (Wildman–Crippen MR) is 60.9 cm³/mol. The van der Waals surface area contributed by atoms with Crippen LogP contribution >= 0.6 is 0 Å². The summed E-state index contributed by atoms with van der Waals surface area (Å²) in [5.41, 5.74) is 4.39. The SMILES string of the molecule is Cc1cc(C)c2nc3[nH]ncc3cc2c1. The van der Waals surface area contributed by atoms with Crippen LogP contribution < -0.4 is 0 Å². The van der Waals surface area contributed by atoms with E-state index in [9.17, 15) is 0 Å². The Hall–Kier alpha value is -1.90. The molecule has 2 heterocycles. The second-order valence-electron chi connectivity index (χ2n) is 3.95. The highest BCUT2D eigenvalue weighted by molar-refractivity contribution is 5.92. The minimum Gasteiger partial charge on any atom is -0.261 e. The molecule has 0 fully saturated rings. The first-order chi connectivity index (χ1) is 7.24. The Balaban J connectivity index is 2.54. The van der Waals surface area contributed by atoms with Crippen molar-refractivity contribution in [2.45, 2.75) is 13.8 Å². The maximum Gasteiger partial charge on any atom is 0.155 e. The molecule has 2 aromatic heterocycles. The molecule has 1 N–H and O–H groups in total. The van der Waals surface area contributed by atoms with Crippen molar-refractivity contribution in [2.24, 2.45) is 0 Å². The first kappa shape index (κ1) is 8.41. The van der Waals surface area contributed by atoms with Gasteiger partial charge < -0.3 is 0 Å². The predicted octanol–water partition coefficient (Wildman–Crippen LogP) is 2.73. The number of rotatable bonds is 0. The number of benzene rings is 1. The zero-order valence-electron chi connectivity index (χ0n) is 8.70. The lowest BCUT2D eigenvalue weighted by Crippen LogP contribution is -1.86. The topological polar surface area (TPSA) is 41.6 Å². The molecule has 0 aliphatic rings. The molecule has 0 saturated heterocycles. The van der Waals surface area contributed by atoms with Gasteiger partial charge in [0.15, 0.2) is 5.65 Å². The lowest BCUT2D eigenvalue weighted by atomic mass is 10.1. The van der Waals surface area contributed by atoms with E-state index in [1.165, 1.54) is 16.5 Å². The van der Waals surface area contributed by atoms with E-state index >= 15 is 0 Å². The zero-order chi connectivity index (χ0) is 10.4. The van der Waals surface area contributed by atoms with Gasteiger partial charge in [0, 0.05) is 10.8 Å². The highest BCUT2D eigenvalue weighted by Gasteiger charge is 2.04. The Morgan fingerprint density at radius 3 is 2.80 bits per heavy atom. The minimum absolute atomic E-state index is 0.856. The standard InChI is InChI=1S/C12H11N3/c1-7-3-8(2)11-9(4-7)5-10-6-13-15-12(10)14-11/h3-6H,1-2H3,(H,13,14,15). The maximum absolute atomic E-state index is 4.56. The van der Waals surface area contributed by atoms with Gasteiger partial charge in [-0.25, -0.2) is 4.98 Å². The van der Waals surface area contributed by atoms with Crippen LogP contribution in [0.3, 0.4) is 0 Å². The Morgan fingerprint density at radius 2 is 1.93 bits per heavy atom. The first-order valence-corrected chi connectivity index (χ1v) is 4.95. The molecule has 0 unspecified atom stereocenters. The van der Waals surface area contributed by atoms with Crippen molar-refractivity contribution >= 4 is 21.9 Å². The molecule has 3 nitrogen and oxygen atoms in total. The number of H-pyrrole nitrogens is 1. The van der Waals surface area contributed by atoms with Gasteiger partial charge in [-0.05, 0) is 31.5 Å². The lowest BCUT2D eigenvalue weighted by molar-refractivity contribution is 1.10. The van der Waals surface area contributed by atoms with Crippen molar-refractivity contribution < 1.29 is 0 Å². The van der Waals surface area contributed by atoms with Crippen LogP contribution in [-0.2, 0) is 0 Å². The average Bonchev–Trinajstić information content (AvgIpc) is 2.61. The number of hydrogen-bond acceptors (Lipinski definition) is 2. The fourth-order valence-electron chi connectivity index (χ4n) is 2.02. The number of nitrogens with zero attached hydrogens (tertiary/aromatic N) is 2. The molecular weight excluding hydrogens is 186 g/mol. The van der Waals surface area contributed by atoms with E-state index in [4.69, 9.17) is 0 Å². The lowest BCUT2D eigenvalue weighted by Gasteiger charge is -2.03. The summed E-state index contributed by atoms with van der Waals surface area (Å²) in [6.07, 6.45) is 1.80.